The Kier molecular flexibility index (Phi) is 6.50. The van der Waals surface area contributed by atoms with Crippen molar-refractivity contribution in [3.05, 3.63) is 38.4 Å². The van der Waals surface area contributed by atoms with Crippen molar-refractivity contribution in [3.8, 4) is 5.75 Å². The molecule has 104 valence electrons. The van der Waals surface area contributed by atoms with E-state index in [2.05, 4.69) is 0 Å². The van der Waals surface area contributed by atoms with Crippen molar-refractivity contribution in [2.24, 2.45) is 0 Å². The van der Waals surface area contributed by atoms with Crippen LogP contribution in [0.4, 0.5) is 11.4 Å². The van der Waals surface area contributed by atoms with Crippen molar-refractivity contribution in [1.29, 1.82) is 0 Å². The lowest BCUT2D eigenvalue weighted by Gasteiger charge is -1.94. The fourth-order valence-corrected chi connectivity index (χ4v) is 0.985. The number of nitro groups is 2. The Morgan fingerprint density at radius 3 is 2.16 bits per heavy atom. The minimum Gasteiger partial charge on any atom is -0.502 e. The third-order valence-corrected chi connectivity index (χ3v) is 1.83. The van der Waals surface area contributed by atoms with Gasteiger partial charge in [0, 0.05) is 12.5 Å². The number of benzene rings is 1. The Morgan fingerprint density at radius 2 is 1.84 bits per heavy atom. The first kappa shape index (κ1) is 16.3. The maximum atomic E-state index is 10.2. The van der Waals surface area contributed by atoms with E-state index in [-0.39, 0.29) is 0 Å². The van der Waals surface area contributed by atoms with Crippen molar-refractivity contribution in [2.75, 3.05) is 0 Å². The molecule has 9 nitrogen and oxygen atoms in total. The van der Waals surface area contributed by atoms with Gasteiger partial charge >= 0.3 is 11.7 Å². The third-order valence-electron chi connectivity index (χ3n) is 1.83. The fourth-order valence-electron chi connectivity index (χ4n) is 0.985. The van der Waals surface area contributed by atoms with Crippen LogP contribution in [0.1, 0.15) is 19.8 Å². The number of carboxylic acid groups (broad SMARTS) is 1. The maximum Gasteiger partial charge on any atom is 0.317 e. The van der Waals surface area contributed by atoms with Gasteiger partial charge in [0.05, 0.1) is 15.9 Å². The number of nitro benzene ring substituents is 2. The van der Waals surface area contributed by atoms with Gasteiger partial charge in [0.2, 0.25) is 0 Å². The summed E-state index contributed by atoms with van der Waals surface area (Å²) in [6.07, 6.45) is 1.02. The Bertz CT molecular complexity index is 487. The number of aliphatic carboxylic acids is 1. The highest BCUT2D eigenvalue weighted by molar-refractivity contribution is 5.66. The van der Waals surface area contributed by atoms with Gasteiger partial charge in [0.15, 0.2) is 5.75 Å². The molecule has 0 aliphatic heterocycles. The minimum atomic E-state index is -0.887. The van der Waals surface area contributed by atoms with E-state index in [9.17, 15) is 25.0 Å². The second kappa shape index (κ2) is 7.58. The number of aromatic hydroxyl groups is 1. The number of rotatable bonds is 4. The molecule has 0 bridgehead atoms. The molecule has 9 heteroatoms. The zero-order valence-corrected chi connectivity index (χ0v) is 9.98. The molecule has 19 heavy (non-hydrogen) atoms. The molecular weight excluding hydrogens is 260 g/mol. The van der Waals surface area contributed by atoms with Gasteiger partial charge in [-0.05, 0) is 12.5 Å². The Labute approximate surface area is 107 Å². The zero-order valence-electron chi connectivity index (χ0n) is 9.98. The van der Waals surface area contributed by atoms with E-state index >= 15 is 0 Å². The Morgan fingerprint density at radius 1 is 1.26 bits per heavy atom. The van der Waals surface area contributed by atoms with Crippen LogP contribution >= 0.6 is 0 Å². The standard InChI is InChI=1S/C6H4N2O5.C4H8O2/c9-6-2-1-4(7(10)11)3-5(6)8(12)13;1-2-3-4(5)6/h1-3,9H;2-3H2,1H3,(H,5,6). The van der Waals surface area contributed by atoms with Crippen LogP contribution in [0.15, 0.2) is 18.2 Å². The predicted octanol–water partition coefficient (Wildman–Crippen LogP) is 2.08. The Hall–Kier alpha value is -2.71. The summed E-state index contributed by atoms with van der Waals surface area (Å²) in [5, 5.41) is 37.2. The first-order valence-corrected chi connectivity index (χ1v) is 5.13. The van der Waals surface area contributed by atoms with E-state index in [4.69, 9.17) is 10.2 Å². The summed E-state index contributed by atoms with van der Waals surface area (Å²) in [6, 6.07) is 2.61. The molecule has 0 saturated carbocycles. The Balaban J connectivity index is 0.000000459. The molecule has 1 aromatic rings. The van der Waals surface area contributed by atoms with Crippen molar-refractivity contribution in [3.63, 3.8) is 0 Å². The lowest BCUT2D eigenvalue weighted by molar-refractivity contribution is -0.394. The van der Waals surface area contributed by atoms with E-state index < -0.39 is 32.9 Å². The molecule has 0 spiro atoms. The summed E-state index contributed by atoms with van der Waals surface area (Å²) >= 11 is 0. The monoisotopic (exact) mass is 272 g/mol. The average Bonchev–Trinajstić information content (AvgIpc) is 2.29. The van der Waals surface area contributed by atoms with Gasteiger partial charge in [0.1, 0.15) is 0 Å². The average molecular weight is 272 g/mol. The number of phenols is 1. The molecule has 0 atom stereocenters. The molecule has 0 aliphatic rings. The molecule has 0 saturated heterocycles. The summed E-state index contributed by atoms with van der Waals surface area (Å²) in [7, 11) is 0. The zero-order chi connectivity index (χ0) is 15.0. The van der Waals surface area contributed by atoms with Gasteiger partial charge in [0.25, 0.3) is 5.69 Å². The highest BCUT2D eigenvalue weighted by atomic mass is 16.6. The lowest BCUT2D eigenvalue weighted by atomic mass is 10.2. The molecule has 0 fully saturated rings. The number of carbonyl (C=O) groups is 1. The van der Waals surface area contributed by atoms with Gasteiger partial charge in [-0.25, -0.2) is 0 Å². The summed E-state index contributed by atoms with van der Waals surface area (Å²) in [5.41, 5.74) is -1.10. The molecule has 0 amide bonds. The highest BCUT2D eigenvalue weighted by Gasteiger charge is 2.18. The molecule has 1 rings (SSSR count). The van der Waals surface area contributed by atoms with E-state index in [1.165, 1.54) is 0 Å². The summed E-state index contributed by atoms with van der Waals surface area (Å²) in [6.45, 7) is 1.84. The maximum absolute atomic E-state index is 10.2. The van der Waals surface area contributed by atoms with Gasteiger partial charge < -0.3 is 10.2 Å². The largest absolute Gasteiger partial charge is 0.502 e. The summed E-state index contributed by atoms with van der Waals surface area (Å²) in [4.78, 5) is 28.3. The van der Waals surface area contributed by atoms with Gasteiger partial charge in [-0.1, -0.05) is 6.92 Å². The smallest absolute Gasteiger partial charge is 0.317 e. The van der Waals surface area contributed by atoms with E-state index in [1.807, 2.05) is 6.92 Å². The number of non-ortho nitro benzene ring substituents is 1. The van der Waals surface area contributed by atoms with Crippen molar-refractivity contribution < 1.29 is 24.9 Å². The number of phenolic OH excluding ortho intramolecular Hbond substituents is 1. The molecule has 0 unspecified atom stereocenters. The number of nitrogens with zero attached hydrogens (tertiary/aromatic N) is 2. The molecule has 0 aromatic heterocycles. The van der Waals surface area contributed by atoms with Crippen molar-refractivity contribution in [2.45, 2.75) is 19.8 Å². The van der Waals surface area contributed by atoms with E-state index in [0.717, 1.165) is 18.6 Å². The quantitative estimate of drug-likeness (QED) is 0.630. The number of carboxylic acids is 1. The lowest BCUT2D eigenvalue weighted by Crippen LogP contribution is -1.92. The fraction of sp³-hybridized carbons (Fsp3) is 0.300. The van der Waals surface area contributed by atoms with Crippen LogP contribution in [-0.2, 0) is 4.79 Å². The van der Waals surface area contributed by atoms with Crippen LogP contribution in [-0.4, -0.2) is 26.0 Å². The first-order valence-electron chi connectivity index (χ1n) is 5.13. The SMILES string of the molecule is CCCC(=O)O.O=[N+]([O-])c1ccc(O)c([N+](=O)[O-])c1. The second-order valence-electron chi connectivity index (χ2n) is 3.33. The molecule has 1 aromatic carbocycles. The van der Waals surface area contributed by atoms with Crippen LogP contribution in [0.2, 0.25) is 0 Å². The third kappa shape index (κ3) is 5.96. The molecular formula is C10H12N2O7. The highest BCUT2D eigenvalue weighted by Crippen LogP contribution is 2.29. The van der Waals surface area contributed by atoms with Crippen LogP contribution in [0.25, 0.3) is 0 Å². The topological polar surface area (TPSA) is 144 Å². The van der Waals surface area contributed by atoms with Crippen LogP contribution in [0.3, 0.4) is 0 Å². The van der Waals surface area contributed by atoms with Crippen molar-refractivity contribution in [1.82, 2.24) is 0 Å². The van der Waals surface area contributed by atoms with Crippen LogP contribution in [0, 0.1) is 20.2 Å². The predicted molar refractivity (Wildman–Crippen MR) is 64.0 cm³/mol. The number of hydrogen-bond donors (Lipinski definition) is 2. The summed E-state index contributed by atoms with van der Waals surface area (Å²) < 4.78 is 0. The molecule has 0 aliphatic carbocycles. The van der Waals surface area contributed by atoms with E-state index in [0.29, 0.717) is 12.5 Å². The van der Waals surface area contributed by atoms with Crippen molar-refractivity contribution >= 4 is 17.3 Å². The normalized spacial score (nSPS) is 9.11. The van der Waals surface area contributed by atoms with Crippen LogP contribution < -0.4 is 0 Å². The second-order valence-corrected chi connectivity index (χ2v) is 3.33. The first-order chi connectivity index (χ1) is 8.79. The molecule has 0 heterocycles. The number of hydrogen-bond acceptors (Lipinski definition) is 6. The molecule has 0 radical (unpaired) electrons. The van der Waals surface area contributed by atoms with Gasteiger partial charge in [-0.2, -0.15) is 0 Å². The molecule has 2 N–H and O–H groups in total. The van der Waals surface area contributed by atoms with E-state index in [1.54, 1.807) is 0 Å². The minimum absolute atomic E-state index is 0.292. The van der Waals surface area contributed by atoms with Gasteiger partial charge in [-0.15, -0.1) is 0 Å². The van der Waals surface area contributed by atoms with Crippen LogP contribution in [0.5, 0.6) is 5.75 Å². The van der Waals surface area contributed by atoms with Gasteiger partial charge in [-0.3, -0.25) is 25.0 Å². The summed E-state index contributed by atoms with van der Waals surface area (Å²) in [5.74, 6) is -1.30.